The Kier molecular flexibility index (Phi) is 7.85. The predicted molar refractivity (Wildman–Crippen MR) is 114 cm³/mol. The Hall–Kier alpha value is -3.63. The molecule has 3 heterocycles. The number of nitrogens with zero attached hydrogens (tertiary/aromatic N) is 5. The topological polar surface area (TPSA) is 125 Å². The van der Waals surface area contributed by atoms with Crippen LogP contribution in [0.4, 0.5) is 42.4 Å². The number of alkyl halides is 7. The second kappa shape index (κ2) is 10.4. The fourth-order valence-electron chi connectivity index (χ4n) is 3.50. The lowest BCUT2D eigenvalue weighted by Crippen LogP contribution is -2.55. The maximum Gasteiger partial charge on any atom is 0.423 e. The number of rotatable bonds is 6. The van der Waals surface area contributed by atoms with Gasteiger partial charge in [0.15, 0.2) is 0 Å². The van der Waals surface area contributed by atoms with E-state index in [1.807, 2.05) is 0 Å². The van der Waals surface area contributed by atoms with Crippen molar-refractivity contribution in [2.75, 3.05) is 23.4 Å². The highest BCUT2D eigenvalue weighted by Gasteiger charge is 2.45. The van der Waals surface area contributed by atoms with Crippen LogP contribution in [-0.4, -0.2) is 57.0 Å². The van der Waals surface area contributed by atoms with E-state index in [0.717, 1.165) is 18.0 Å². The fourth-order valence-corrected chi connectivity index (χ4v) is 3.50. The quantitative estimate of drug-likeness (QED) is 0.423. The molecule has 2 atom stereocenters. The van der Waals surface area contributed by atoms with Crippen molar-refractivity contribution >= 4 is 23.3 Å². The Morgan fingerprint density at radius 2 is 1.86 bits per heavy atom. The van der Waals surface area contributed by atoms with Crippen LogP contribution in [0.5, 0.6) is 0 Å². The molecule has 0 spiro atoms. The minimum absolute atomic E-state index is 0.0419. The van der Waals surface area contributed by atoms with E-state index < -0.39 is 71.6 Å². The molecule has 1 aliphatic rings. The lowest BCUT2D eigenvalue weighted by molar-refractivity contribution is -0.146. The van der Waals surface area contributed by atoms with Crippen molar-refractivity contribution in [3.8, 4) is 0 Å². The van der Waals surface area contributed by atoms with Crippen LogP contribution in [0.15, 0.2) is 28.4 Å². The van der Waals surface area contributed by atoms with Crippen molar-refractivity contribution < 1.29 is 40.3 Å². The first-order valence-electron chi connectivity index (χ1n) is 10.6. The summed E-state index contributed by atoms with van der Waals surface area (Å²) in [7, 11) is 0. The third kappa shape index (κ3) is 6.78. The van der Waals surface area contributed by atoms with Gasteiger partial charge in [-0.3, -0.25) is 14.5 Å². The molecule has 2 N–H and O–H groups in total. The van der Waals surface area contributed by atoms with Crippen molar-refractivity contribution in [1.29, 1.82) is 0 Å². The zero-order valence-corrected chi connectivity index (χ0v) is 19.2. The highest BCUT2D eigenvalue weighted by Crippen LogP contribution is 2.35. The number of carbonyl (C=O) groups is 1. The Morgan fingerprint density at radius 3 is 2.43 bits per heavy atom. The number of aliphatic imine (C=N–C) groups is 1. The van der Waals surface area contributed by atoms with Crippen molar-refractivity contribution in [1.82, 2.24) is 20.2 Å². The smallest absolute Gasteiger partial charge is 0.378 e. The van der Waals surface area contributed by atoms with Gasteiger partial charge in [-0.05, 0) is 6.92 Å². The SMILES string of the molecule is CC(=O)N=C1CCN(c2ncc(C(F)(F)F)cn2)[C@](F)(OC[C@H](C)Nc2cn[nH]c(=O)c2C(F)(F)F)C1. The maximum atomic E-state index is 16.1. The fraction of sp³-hybridized carbons (Fsp3) is 0.500. The molecule has 3 rings (SSSR count). The third-order valence-corrected chi connectivity index (χ3v) is 5.07. The Bertz CT molecular complexity index is 1210. The van der Waals surface area contributed by atoms with E-state index in [1.54, 1.807) is 5.10 Å². The summed E-state index contributed by atoms with van der Waals surface area (Å²) in [5, 5.41) is 7.38. The molecule has 0 bridgehead atoms. The number of anilines is 2. The first-order chi connectivity index (χ1) is 17.1. The Balaban J connectivity index is 1.84. The first kappa shape index (κ1) is 27.9. The minimum atomic E-state index is -5.01. The average Bonchev–Trinajstić information content (AvgIpc) is 2.76. The van der Waals surface area contributed by atoms with Gasteiger partial charge in [0, 0.05) is 44.0 Å². The number of aromatic amines is 1. The average molecular weight is 539 g/mol. The highest BCUT2D eigenvalue weighted by atomic mass is 19.4. The number of aromatic nitrogens is 4. The molecule has 10 nitrogen and oxygen atoms in total. The predicted octanol–water partition coefficient (Wildman–Crippen LogP) is 3.33. The summed E-state index contributed by atoms with van der Waals surface area (Å²) in [6.07, 6.45) is -8.67. The summed E-state index contributed by atoms with van der Waals surface area (Å²) in [6, 6.07) is -1.03. The number of piperidine rings is 1. The number of amides is 1. The molecule has 1 aliphatic heterocycles. The Labute approximate surface area is 204 Å². The molecule has 202 valence electrons. The number of H-pyrrole nitrogens is 1. The van der Waals surface area contributed by atoms with E-state index in [-0.39, 0.29) is 18.7 Å². The van der Waals surface area contributed by atoms with Crippen LogP contribution < -0.4 is 15.8 Å². The summed E-state index contributed by atoms with van der Waals surface area (Å²) in [5.74, 6) is -3.88. The number of carbonyl (C=O) groups excluding carboxylic acids is 1. The summed E-state index contributed by atoms with van der Waals surface area (Å²) in [4.78, 5) is 34.7. The number of halogens is 7. The molecule has 0 radical (unpaired) electrons. The van der Waals surface area contributed by atoms with Crippen LogP contribution in [0.3, 0.4) is 0 Å². The van der Waals surface area contributed by atoms with E-state index in [4.69, 9.17) is 4.74 Å². The van der Waals surface area contributed by atoms with Crippen molar-refractivity contribution in [2.24, 2.45) is 4.99 Å². The van der Waals surface area contributed by atoms with Crippen molar-refractivity contribution in [2.45, 2.75) is 51.1 Å². The van der Waals surface area contributed by atoms with Crippen LogP contribution in [0, 0.1) is 0 Å². The molecule has 0 aromatic carbocycles. The summed E-state index contributed by atoms with van der Waals surface area (Å²) < 4.78 is 99.9. The molecule has 1 amide bonds. The molecule has 37 heavy (non-hydrogen) atoms. The molecular formula is C20H20F7N7O3. The maximum absolute atomic E-state index is 16.1. The van der Waals surface area contributed by atoms with Gasteiger partial charge in [-0.25, -0.2) is 20.1 Å². The standard InChI is InChI=1S/C20H20F7N7O3/c1-10(31-14-8-30-33-16(36)15(14)20(25,26)27)9-37-18(21)5-13(32-11(2)35)3-4-34(18)17-28-6-12(7-29-17)19(22,23)24/h6-8,10H,3-5,9H2,1-2H3,(H2,31,33,36)/t10-,18-/m0/s1. The molecule has 2 aromatic rings. The van der Waals surface area contributed by atoms with E-state index in [2.05, 4.69) is 25.4 Å². The van der Waals surface area contributed by atoms with Gasteiger partial charge < -0.3 is 10.1 Å². The van der Waals surface area contributed by atoms with Crippen LogP contribution in [0.1, 0.15) is 37.8 Å². The number of hydrogen-bond acceptors (Lipinski definition) is 8. The molecule has 1 fully saturated rings. The van der Waals surface area contributed by atoms with Crippen molar-refractivity contribution in [3.05, 3.63) is 40.1 Å². The molecule has 1 saturated heterocycles. The molecular weight excluding hydrogens is 519 g/mol. The van der Waals surface area contributed by atoms with Gasteiger partial charge in [-0.15, -0.1) is 0 Å². The zero-order chi connectivity index (χ0) is 27.6. The van der Waals surface area contributed by atoms with Gasteiger partial charge in [-0.1, -0.05) is 0 Å². The second-order valence-electron chi connectivity index (χ2n) is 8.08. The summed E-state index contributed by atoms with van der Waals surface area (Å²) >= 11 is 0. The lowest BCUT2D eigenvalue weighted by Gasteiger charge is -2.41. The Morgan fingerprint density at radius 1 is 1.22 bits per heavy atom. The summed E-state index contributed by atoms with van der Waals surface area (Å²) in [6.45, 7) is 1.65. The molecule has 17 heteroatoms. The van der Waals surface area contributed by atoms with Gasteiger partial charge in [0.2, 0.25) is 11.9 Å². The van der Waals surface area contributed by atoms with Gasteiger partial charge in [-0.2, -0.15) is 35.8 Å². The second-order valence-corrected chi connectivity index (χ2v) is 8.08. The highest BCUT2D eigenvalue weighted by molar-refractivity contribution is 5.96. The van der Waals surface area contributed by atoms with Crippen LogP contribution in [0.2, 0.25) is 0 Å². The minimum Gasteiger partial charge on any atom is -0.378 e. The number of ether oxygens (including phenoxy) is 1. The van der Waals surface area contributed by atoms with E-state index in [1.165, 1.54) is 6.92 Å². The number of nitrogens with one attached hydrogen (secondary N) is 2. The zero-order valence-electron chi connectivity index (χ0n) is 19.2. The van der Waals surface area contributed by atoms with Gasteiger partial charge >= 0.3 is 12.4 Å². The van der Waals surface area contributed by atoms with Gasteiger partial charge in [0.25, 0.3) is 11.5 Å². The molecule has 0 aliphatic carbocycles. The largest absolute Gasteiger partial charge is 0.423 e. The molecule has 2 aromatic heterocycles. The van der Waals surface area contributed by atoms with E-state index in [9.17, 15) is 35.9 Å². The lowest BCUT2D eigenvalue weighted by atomic mass is 10.1. The van der Waals surface area contributed by atoms with E-state index >= 15 is 4.39 Å². The van der Waals surface area contributed by atoms with Crippen LogP contribution in [0.25, 0.3) is 0 Å². The van der Waals surface area contributed by atoms with Gasteiger partial charge in [0.1, 0.15) is 5.56 Å². The molecule has 0 unspecified atom stereocenters. The normalized spacial score (nSPS) is 20.7. The van der Waals surface area contributed by atoms with Gasteiger partial charge in [0.05, 0.1) is 30.5 Å². The van der Waals surface area contributed by atoms with Crippen LogP contribution in [-0.2, 0) is 21.9 Å². The summed E-state index contributed by atoms with van der Waals surface area (Å²) in [5.41, 5.74) is -4.78. The van der Waals surface area contributed by atoms with Crippen molar-refractivity contribution in [3.63, 3.8) is 0 Å². The number of hydrogen-bond donors (Lipinski definition) is 2. The monoisotopic (exact) mass is 539 g/mol. The van der Waals surface area contributed by atoms with E-state index in [0.29, 0.717) is 12.4 Å². The third-order valence-electron chi connectivity index (χ3n) is 5.07. The molecule has 0 saturated carbocycles. The first-order valence-corrected chi connectivity index (χ1v) is 10.6. The van der Waals surface area contributed by atoms with Crippen LogP contribution >= 0.6 is 0 Å².